The minimum Gasteiger partial charge on any atom is -0.477 e. The van der Waals surface area contributed by atoms with Crippen LogP contribution in [0.3, 0.4) is 0 Å². The van der Waals surface area contributed by atoms with Crippen molar-refractivity contribution in [2.45, 2.75) is 367 Å². The molecule has 59 heteroatoms. The summed E-state index contributed by atoms with van der Waals surface area (Å²) in [5, 5.41) is 318. The lowest BCUT2D eigenvalue weighted by molar-refractivity contribution is -0.402. The number of carboxylic acids is 1. The van der Waals surface area contributed by atoms with Crippen LogP contribution in [0.1, 0.15) is 54.9 Å². The fourth-order valence-corrected chi connectivity index (χ4v) is 17.3. The monoisotopic (exact) mass is 1960 g/mol. The molecule has 0 aromatic heterocycles. The molecule has 0 radical (unpaired) electrons. The van der Waals surface area contributed by atoms with E-state index in [0.29, 0.717) is 0 Å². The molecular weight excluding hydrogens is 1830 g/mol. The average Bonchev–Trinajstić information content (AvgIpc) is 0.762. The van der Waals surface area contributed by atoms with E-state index in [-0.39, 0.29) is 0 Å². The summed E-state index contributed by atoms with van der Waals surface area (Å²) in [5.74, 6) is -11.0. The van der Waals surface area contributed by atoms with Crippen LogP contribution in [0, 0.1) is 0 Å². The van der Waals surface area contributed by atoms with E-state index in [2.05, 4.69) is 31.9 Å². The Balaban J connectivity index is 0.984. The van der Waals surface area contributed by atoms with Crippen molar-refractivity contribution < 1.29 is 261 Å². The molecule has 51 atom stereocenters. The summed E-state index contributed by atoms with van der Waals surface area (Å²) in [6, 6.07) is -11.7. The largest absolute Gasteiger partial charge is 0.477 e. The molecule has 0 aromatic rings. The fraction of sp³-hybridized carbons (Fsp3) is 0.907. The van der Waals surface area contributed by atoms with Gasteiger partial charge in [0.15, 0.2) is 56.6 Å². The highest BCUT2D eigenvalue weighted by Gasteiger charge is 2.64. The summed E-state index contributed by atoms with van der Waals surface area (Å²) in [7, 11) is 0. The van der Waals surface area contributed by atoms with Gasteiger partial charge < -0.3 is 260 Å². The van der Waals surface area contributed by atoms with Crippen LogP contribution in [0.2, 0.25) is 0 Å². The van der Waals surface area contributed by atoms with Gasteiger partial charge in [0.2, 0.25) is 35.4 Å². The average molecular weight is 1960 g/mol. The third kappa shape index (κ3) is 24.8. The Hall–Kier alpha value is -5.51. The van der Waals surface area contributed by atoms with Crippen LogP contribution in [0.4, 0.5) is 0 Å². The fourth-order valence-electron chi connectivity index (χ4n) is 17.3. The molecule has 0 saturated carbocycles. The van der Waals surface area contributed by atoms with Crippen molar-refractivity contribution >= 4 is 41.4 Å². The molecule has 0 aliphatic carbocycles. The number of aliphatic carboxylic acids is 1. The third-order valence-electron chi connectivity index (χ3n) is 24.2. The molecule has 33 N–H and O–H groups in total. The first-order chi connectivity index (χ1) is 63.1. The van der Waals surface area contributed by atoms with Gasteiger partial charge >= 0.3 is 5.97 Å². The summed E-state index contributed by atoms with van der Waals surface area (Å²) >= 11 is 0. The van der Waals surface area contributed by atoms with Crippen molar-refractivity contribution in [2.75, 3.05) is 59.5 Å². The highest BCUT2D eigenvalue weighted by Crippen LogP contribution is 2.42. The van der Waals surface area contributed by atoms with Crippen molar-refractivity contribution in [3.05, 3.63) is 0 Å². The van der Waals surface area contributed by atoms with Gasteiger partial charge in [-0.25, -0.2) is 4.79 Å². The summed E-state index contributed by atoms with van der Waals surface area (Å²) in [6.45, 7) is -3.85. The van der Waals surface area contributed by atoms with E-state index in [9.17, 15) is 171 Å². The molecule has 10 fully saturated rings. The Morgan fingerprint density at radius 3 is 1.13 bits per heavy atom. The predicted octanol–water partition coefficient (Wildman–Crippen LogP) is -21.7. The zero-order valence-electron chi connectivity index (χ0n) is 72.6. The number of amides is 6. The molecule has 0 spiro atoms. The van der Waals surface area contributed by atoms with Gasteiger partial charge in [0.25, 0.3) is 5.79 Å². The lowest BCUT2D eigenvalue weighted by Gasteiger charge is -2.52. The van der Waals surface area contributed by atoms with Gasteiger partial charge in [-0.05, 0) is 6.92 Å². The second-order valence-electron chi connectivity index (χ2n) is 33.9. The minimum atomic E-state index is -3.13. The van der Waals surface area contributed by atoms with Crippen LogP contribution in [0.25, 0.3) is 0 Å². The Bertz CT molecular complexity index is 3800. The summed E-state index contributed by atoms with van der Waals surface area (Å²) in [6.07, 6.45) is -95.1. The van der Waals surface area contributed by atoms with Crippen LogP contribution in [0.5, 0.6) is 0 Å². The van der Waals surface area contributed by atoms with Gasteiger partial charge in [-0.15, -0.1) is 0 Å². The van der Waals surface area contributed by atoms with Crippen molar-refractivity contribution in [1.29, 1.82) is 0 Å². The lowest BCUT2D eigenvalue weighted by Crippen LogP contribution is -2.71. The van der Waals surface area contributed by atoms with Gasteiger partial charge in [0.1, 0.15) is 232 Å². The molecule has 0 unspecified atom stereocenters. The zero-order valence-corrected chi connectivity index (χ0v) is 72.6. The summed E-state index contributed by atoms with van der Waals surface area (Å²) < 4.78 is 114. The van der Waals surface area contributed by atoms with Crippen LogP contribution in [0.15, 0.2) is 0 Å². The third-order valence-corrected chi connectivity index (χ3v) is 24.2. The first-order valence-corrected chi connectivity index (χ1v) is 42.6. The molecule has 10 aliphatic rings. The number of hydrogen-bond donors (Lipinski definition) is 33. The SMILES string of the molecule is CC(=O)N[C@@H]1[C@@H](O[C@@H]2O[C@H](CO)[C@@H](O[C@@H]3O[C@H](CO[C@@H]4O[C@H](CO)[C@@H](O[C@@H]5O[C@H](CO)[C@H](O)[C@H](O)[C@H]5O)[C@H](O)[C@H]4NC(C)=O)[C@H](O)[C@H](O[C@@H]4O[C@H](CO)[C@@H](O[C@@H]5O[C@H](CO)[C@H](O)[C@H](O[C@H]6O[C@H](CO)[C@H](O)[C@H](O)[C@H]6NC(C)=O)[C@H]5O[C@@H]5O[C@@H](C)[C@@H](O)[C@@H](O)[C@@H]5O)[C@H](O)[C@H]4NC(C)=O)[C@H]3O)[C@H](O)[C@H]2NC(C)=O)[C@@H](O)[C@@H](CO[C@]2(C(=O)O)C[C@H](O)[C@@H](NC(C)=O)[C@H]([C@H](O)[C@H](O)CO)O2)O[C@@H]1O. The molecule has 6 amide bonds. The van der Waals surface area contributed by atoms with Crippen LogP contribution < -0.4 is 31.9 Å². The molecule has 10 rings (SSSR count). The number of aliphatic hydroxyl groups is 26. The Kier molecular flexibility index (Phi) is 39.4. The zero-order chi connectivity index (χ0) is 99.2. The van der Waals surface area contributed by atoms with E-state index >= 15 is 0 Å². The topological polar surface area (TPSA) is 913 Å². The number of rotatable bonds is 36. The number of nitrogens with one attached hydrogen (secondary N) is 6. The van der Waals surface area contributed by atoms with Gasteiger partial charge in [0, 0.05) is 48.0 Å². The lowest BCUT2D eigenvalue weighted by atomic mass is 9.88. The van der Waals surface area contributed by atoms with E-state index in [0.717, 1.165) is 41.5 Å². The van der Waals surface area contributed by atoms with Gasteiger partial charge in [-0.3, -0.25) is 28.8 Å². The summed E-state index contributed by atoms with van der Waals surface area (Å²) in [5.41, 5.74) is 0. The first kappa shape index (κ1) is 110. The molecule has 134 heavy (non-hydrogen) atoms. The minimum absolute atomic E-state index is 0.857. The van der Waals surface area contributed by atoms with E-state index in [1.165, 1.54) is 6.92 Å². The highest BCUT2D eigenvalue weighted by atomic mass is 16.8. The van der Waals surface area contributed by atoms with E-state index in [4.69, 9.17) is 90.0 Å². The Morgan fingerprint density at radius 1 is 0.321 bits per heavy atom. The molecule has 772 valence electrons. The van der Waals surface area contributed by atoms with Crippen molar-refractivity contribution in [2.24, 2.45) is 0 Å². The van der Waals surface area contributed by atoms with E-state index in [1.54, 1.807) is 0 Å². The van der Waals surface area contributed by atoms with Crippen LogP contribution in [-0.2, 0) is 124 Å². The number of aliphatic hydroxyl groups excluding tert-OH is 26. The van der Waals surface area contributed by atoms with Crippen molar-refractivity contribution in [3.8, 4) is 0 Å². The van der Waals surface area contributed by atoms with E-state index in [1.807, 2.05) is 0 Å². The molecule has 0 bridgehead atoms. The van der Waals surface area contributed by atoms with Crippen molar-refractivity contribution in [3.63, 3.8) is 0 Å². The number of carbonyl (C=O) groups excluding carboxylic acids is 6. The molecule has 59 nitrogen and oxygen atoms in total. The van der Waals surface area contributed by atoms with Crippen molar-refractivity contribution in [1.82, 2.24) is 31.9 Å². The standard InChI is InChI=1S/C75H124N6O53/c1-18-41(97)52(108)54(110)70(118-18)133-64-63(132-67-36(77-20(3)90)48(104)43(99)27(10-83)120-67)45(101)29(12-85)122-73(64)129-59-32(15-88)125-69(39(51(59)107)80-23(6)93)131-62-47(103)33(16-116-66-37(78-21(4)91)49(105)57(30(13-86)123-66)127-71-55(111)53(109)44(100)28(11-84)121-71)126-72(56(62)112)128-58-31(14-87)124-68(38(50(58)106)79-22(5)92)130-60-40(81-24(7)94)65(113)119-34(46(60)102)17-117-75(74(114)115)8-25(95)35(76-19(2)89)61(134-75)42(98)26(96)9-82/h18,25-73,82-88,95-113H,8-17H2,1-7H3,(H,76,89)(H,77,90)(H,78,91)(H,79,92)(H,80,93)(H,81,94)(H,114,115)/t18-,25-,26+,27+,28+,29+,30+,31+,32+,33+,34+,35+,36+,37+,38+,39+,40+,41+,42+,43-,44-,45-,46-,47-,48+,49+,50+,51+,52+,53-,54-,55+,56+,57+,58+,59+,60+,61+,62-,63-,64+,65-,66+,67+,68-,69-,70-,71-,72-,73-,75+/m0/s1. The number of hydrogen-bond acceptors (Lipinski definition) is 52. The van der Waals surface area contributed by atoms with Gasteiger partial charge in [-0.2, -0.15) is 0 Å². The quantitative estimate of drug-likeness (QED) is 0.0277. The van der Waals surface area contributed by atoms with E-state index < -0.39 is 420 Å². The number of carboxylic acid groups (broad SMARTS) is 1. The van der Waals surface area contributed by atoms with Gasteiger partial charge in [0.05, 0.1) is 77.7 Å². The Labute approximate surface area is 759 Å². The Morgan fingerprint density at radius 2 is 0.657 bits per heavy atom. The molecular formula is C75H124N6O53. The van der Waals surface area contributed by atoms with Crippen LogP contribution >= 0.6 is 0 Å². The number of ether oxygens (including phenoxy) is 19. The second kappa shape index (κ2) is 47.8. The number of carbonyl (C=O) groups is 7. The van der Waals surface area contributed by atoms with Crippen LogP contribution in [-0.4, -0.2) is 551 Å². The maximum absolute atomic E-state index is 13.5. The second-order valence-corrected chi connectivity index (χ2v) is 33.9. The van der Waals surface area contributed by atoms with Gasteiger partial charge in [-0.1, -0.05) is 0 Å². The normalized spacial score (nSPS) is 46.7. The molecule has 10 saturated heterocycles. The highest BCUT2D eigenvalue weighted by molar-refractivity contribution is 5.77. The summed E-state index contributed by atoms with van der Waals surface area (Å²) in [4.78, 5) is 90.9. The molecule has 10 aliphatic heterocycles. The molecule has 0 aromatic carbocycles. The smallest absolute Gasteiger partial charge is 0.364 e. The maximum atomic E-state index is 13.5. The maximum Gasteiger partial charge on any atom is 0.364 e. The predicted molar refractivity (Wildman–Crippen MR) is 415 cm³/mol. The first-order valence-electron chi connectivity index (χ1n) is 42.6. The molecule has 10 heterocycles.